The lowest BCUT2D eigenvalue weighted by molar-refractivity contribution is -0.117. The normalized spacial score (nSPS) is 11.3. The van der Waals surface area contributed by atoms with Crippen molar-refractivity contribution in [1.82, 2.24) is 5.32 Å². The van der Waals surface area contributed by atoms with Gasteiger partial charge in [-0.25, -0.2) is 0 Å². The SMILES string of the molecule is C=C(C)C(=O)NCCC[Si](C)(OCC)OCC. The zero-order valence-electron chi connectivity index (χ0n) is 11.5. The van der Waals surface area contributed by atoms with Gasteiger partial charge < -0.3 is 14.2 Å². The molecule has 0 aliphatic rings. The van der Waals surface area contributed by atoms with Crippen LogP contribution in [0.3, 0.4) is 0 Å². The maximum absolute atomic E-state index is 11.3. The molecule has 100 valence electrons. The molecule has 1 N–H and O–H groups in total. The Morgan fingerprint density at radius 2 is 1.82 bits per heavy atom. The summed E-state index contributed by atoms with van der Waals surface area (Å²) in [5.74, 6) is -0.0822. The molecule has 0 unspecified atom stereocenters. The summed E-state index contributed by atoms with van der Waals surface area (Å²) in [6.07, 6.45) is 0.877. The number of nitrogens with one attached hydrogen (secondary N) is 1. The molecule has 1 amide bonds. The van der Waals surface area contributed by atoms with Crippen molar-refractivity contribution in [2.75, 3.05) is 19.8 Å². The van der Waals surface area contributed by atoms with E-state index in [1.165, 1.54) is 0 Å². The van der Waals surface area contributed by atoms with Crippen LogP contribution in [0.2, 0.25) is 12.6 Å². The molecule has 0 aromatic heterocycles. The van der Waals surface area contributed by atoms with Crippen LogP contribution in [0.25, 0.3) is 0 Å². The largest absolute Gasteiger partial charge is 0.395 e. The van der Waals surface area contributed by atoms with Crippen LogP contribution in [0.5, 0.6) is 0 Å². The van der Waals surface area contributed by atoms with E-state index in [0.29, 0.717) is 25.3 Å². The van der Waals surface area contributed by atoms with Gasteiger partial charge in [0.15, 0.2) is 0 Å². The Hall–Kier alpha value is -0.653. The average Bonchev–Trinajstić information content (AvgIpc) is 2.24. The highest BCUT2D eigenvalue weighted by Gasteiger charge is 2.29. The van der Waals surface area contributed by atoms with Gasteiger partial charge in [0.05, 0.1) is 0 Å². The van der Waals surface area contributed by atoms with Crippen LogP contribution in [0, 0.1) is 0 Å². The fraction of sp³-hybridized carbons (Fsp3) is 0.750. The fourth-order valence-corrected chi connectivity index (χ4v) is 3.97. The first kappa shape index (κ1) is 16.3. The van der Waals surface area contributed by atoms with E-state index < -0.39 is 8.56 Å². The number of carbonyl (C=O) groups excluding carboxylic acids is 1. The Balaban J connectivity index is 3.90. The molecule has 0 rings (SSSR count). The van der Waals surface area contributed by atoms with Gasteiger partial charge in [0.25, 0.3) is 0 Å². The maximum atomic E-state index is 11.3. The Labute approximate surface area is 106 Å². The third-order valence-electron chi connectivity index (χ3n) is 2.38. The minimum atomic E-state index is -2.02. The van der Waals surface area contributed by atoms with E-state index in [4.69, 9.17) is 8.85 Å². The van der Waals surface area contributed by atoms with E-state index in [-0.39, 0.29) is 5.91 Å². The predicted molar refractivity (Wildman–Crippen MR) is 72.1 cm³/mol. The molecule has 0 spiro atoms. The third-order valence-corrected chi connectivity index (χ3v) is 5.44. The minimum Gasteiger partial charge on any atom is -0.395 e. The Morgan fingerprint density at radius 3 is 2.24 bits per heavy atom. The molecule has 5 heteroatoms. The molecule has 0 aromatic carbocycles. The van der Waals surface area contributed by atoms with Gasteiger partial charge in [0, 0.05) is 25.3 Å². The smallest absolute Gasteiger partial charge is 0.334 e. The molecule has 0 atom stereocenters. The number of hydrogen-bond acceptors (Lipinski definition) is 3. The lowest BCUT2D eigenvalue weighted by Gasteiger charge is -2.25. The first-order chi connectivity index (χ1) is 7.95. The standard InChI is InChI=1S/C12H25NO3Si/c1-6-15-17(5,16-7-2)10-8-9-13-12(14)11(3)4/h3,6-10H2,1-2,4-5H3,(H,13,14). The molecule has 0 aliphatic heterocycles. The molecule has 0 saturated heterocycles. The molecule has 0 bridgehead atoms. The summed E-state index contributed by atoms with van der Waals surface area (Å²) >= 11 is 0. The van der Waals surface area contributed by atoms with Crippen LogP contribution in [0.4, 0.5) is 0 Å². The predicted octanol–water partition coefficient (Wildman–Crippen LogP) is 2.21. The Morgan fingerprint density at radius 1 is 1.29 bits per heavy atom. The molecular weight excluding hydrogens is 234 g/mol. The Kier molecular flexibility index (Phi) is 8.12. The monoisotopic (exact) mass is 259 g/mol. The summed E-state index contributed by atoms with van der Waals surface area (Å²) in [6.45, 7) is 13.3. The highest BCUT2D eigenvalue weighted by atomic mass is 28.4. The summed E-state index contributed by atoms with van der Waals surface area (Å²) in [5.41, 5.74) is 0.541. The van der Waals surface area contributed by atoms with Crippen LogP contribution >= 0.6 is 0 Å². The van der Waals surface area contributed by atoms with Crippen LogP contribution in [-0.4, -0.2) is 34.2 Å². The zero-order chi connectivity index (χ0) is 13.3. The molecule has 0 aromatic rings. The highest BCUT2D eigenvalue weighted by Crippen LogP contribution is 2.15. The number of carbonyl (C=O) groups is 1. The summed E-state index contributed by atoms with van der Waals surface area (Å²) in [5, 5.41) is 2.81. The summed E-state index contributed by atoms with van der Waals surface area (Å²) in [6, 6.07) is 0.894. The van der Waals surface area contributed by atoms with Gasteiger partial charge in [-0.2, -0.15) is 0 Å². The van der Waals surface area contributed by atoms with Gasteiger partial charge in [-0.15, -0.1) is 0 Å². The molecule has 0 radical (unpaired) electrons. The van der Waals surface area contributed by atoms with Crippen molar-refractivity contribution in [3.8, 4) is 0 Å². The lowest BCUT2D eigenvalue weighted by atomic mass is 10.3. The van der Waals surface area contributed by atoms with Crippen LogP contribution in [-0.2, 0) is 13.6 Å². The Bertz CT molecular complexity index is 250. The van der Waals surface area contributed by atoms with E-state index >= 15 is 0 Å². The number of rotatable bonds is 9. The van der Waals surface area contributed by atoms with Crippen molar-refractivity contribution >= 4 is 14.5 Å². The molecule has 0 saturated carbocycles. The first-order valence-electron chi connectivity index (χ1n) is 6.16. The second-order valence-corrected chi connectivity index (χ2v) is 7.48. The van der Waals surface area contributed by atoms with Gasteiger partial charge in [-0.05, 0) is 39.8 Å². The van der Waals surface area contributed by atoms with E-state index in [1.807, 2.05) is 13.8 Å². The van der Waals surface area contributed by atoms with Crippen molar-refractivity contribution in [3.63, 3.8) is 0 Å². The van der Waals surface area contributed by atoms with Gasteiger partial charge in [-0.1, -0.05) is 6.58 Å². The number of hydrogen-bond donors (Lipinski definition) is 1. The second kappa shape index (κ2) is 8.44. The van der Waals surface area contributed by atoms with E-state index in [9.17, 15) is 4.79 Å². The van der Waals surface area contributed by atoms with Gasteiger partial charge in [0.2, 0.25) is 5.91 Å². The third kappa shape index (κ3) is 7.30. The molecule has 0 aliphatic carbocycles. The zero-order valence-corrected chi connectivity index (χ0v) is 12.5. The van der Waals surface area contributed by atoms with Crippen LogP contribution in [0.1, 0.15) is 27.2 Å². The van der Waals surface area contributed by atoms with E-state index in [0.717, 1.165) is 12.5 Å². The molecule has 17 heavy (non-hydrogen) atoms. The fourth-order valence-electron chi connectivity index (χ4n) is 1.56. The van der Waals surface area contributed by atoms with Crippen LogP contribution in [0.15, 0.2) is 12.2 Å². The molecule has 4 nitrogen and oxygen atoms in total. The van der Waals surface area contributed by atoms with Crippen molar-refractivity contribution in [3.05, 3.63) is 12.2 Å². The quantitative estimate of drug-likeness (QED) is 0.392. The molecular formula is C12H25NO3Si. The van der Waals surface area contributed by atoms with Crippen molar-refractivity contribution in [2.45, 2.75) is 39.8 Å². The van der Waals surface area contributed by atoms with Crippen molar-refractivity contribution in [2.24, 2.45) is 0 Å². The molecule has 0 heterocycles. The van der Waals surface area contributed by atoms with Crippen molar-refractivity contribution in [1.29, 1.82) is 0 Å². The van der Waals surface area contributed by atoms with Crippen molar-refractivity contribution < 1.29 is 13.6 Å². The first-order valence-corrected chi connectivity index (χ1v) is 8.69. The number of amides is 1. The van der Waals surface area contributed by atoms with Gasteiger partial charge >= 0.3 is 8.56 Å². The summed E-state index contributed by atoms with van der Waals surface area (Å²) < 4.78 is 11.4. The van der Waals surface area contributed by atoms with Crippen LogP contribution < -0.4 is 5.32 Å². The second-order valence-electron chi connectivity index (χ2n) is 4.14. The molecule has 0 fully saturated rings. The topological polar surface area (TPSA) is 47.6 Å². The average molecular weight is 259 g/mol. The summed E-state index contributed by atoms with van der Waals surface area (Å²) in [7, 11) is -2.02. The van der Waals surface area contributed by atoms with E-state index in [1.54, 1.807) is 6.92 Å². The minimum absolute atomic E-state index is 0.0822. The lowest BCUT2D eigenvalue weighted by Crippen LogP contribution is -2.39. The highest BCUT2D eigenvalue weighted by molar-refractivity contribution is 6.66. The van der Waals surface area contributed by atoms with Gasteiger partial charge in [-0.3, -0.25) is 4.79 Å². The van der Waals surface area contributed by atoms with E-state index in [2.05, 4.69) is 18.4 Å². The summed E-state index contributed by atoms with van der Waals surface area (Å²) in [4.78, 5) is 11.3. The maximum Gasteiger partial charge on any atom is 0.334 e. The van der Waals surface area contributed by atoms with Gasteiger partial charge in [0.1, 0.15) is 0 Å².